The Morgan fingerprint density at radius 2 is 1.65 bits per heavy atom. The molecule has 2 aliphatic carbocycles. The van der Waals surface area contributed by atoms with E-state index in [1.54, 1.807) is 0 Å². The van der Waals surface area contributed by atoms with Gasteiger partial charge in [-0.15, -0.1) is 0 Å². The Labute approximate surface area is 125 Å². The van der Waals surface area contributed by atoms with Gasteiger partial charge in [0.15, 0.2) is 0 Å². The summed E-state index contributed by atoms with van der Waals surface area (Å²) in [6.45, 7) is 13.0. The molecule has 0 radical (unpaired) electrons. The van der Waals surface area contributed by atoms with E-state index < -0.39 is 0 Å². The van der Waals surface area contributed by atoms with Crippen molar-refractivity contribution in [3.63, 3.8) is 0 Å². The van der Waals surface area contributed by atoms with Gasteiger partial charge in [-0.05, 0) is 37.0 Å². The van der Waals surface area contributed by atoms with Crippen molar-refractivity contribution in [2.24, 2.45) is 16.7 Å². The van der Waals surface area contributed by atoms with Crippen LogP contribution < -0.4 is 0 Å². The van der Waals surface area contributed by atoms with Crippen LogP contribution in [0.25, 0.3) is 0 Å². The molecular formula is C18H34O2. The van der Waals surface area contributed by atoms with Gasteiger partial charge >= 0.3 is 0 Å². The average molecular weight is 282 g/mol. The number of fused-ring (bicyclic) bond motifs is 2. The fraction of sp³-hybridized carbons (Fsp3) is 0.944. The van der Waals surface area contributed by atoms with Crippen LogP contribution in [0.4, 0.5) is 0 Å². The van der Waals surface area contributed by atoms with Crippen LogP contribution in [0, 0.1) is 16.7 Å². The van der Waals surface area contributed by atoms with Crippen molar-refractivity contribution in [3.05, 3.63) is 0 Å². The fourth-order valence-electron chi connectivity index (χ4n) is 3.50. The van der Waals surface area contributed by atoms with Gasteiger partial charge in [-0.2, -0.15) is 0 Å². The monoisotopic (exact) mass is 282 g/mol. The third-order valence-electron chi connectivity index (χ3n) is 5.77. The Morgan fingerprint density at radius 1 is 1.10 bits per heavy atom. The summed E-state index contributed by atoms with van der Waals surface area (Å²) in [4.78, 5) is 11.6. The molecule has 2 aliphatic rings. The molecule has 0 saturated heterocycles. The second-order valence-electron chi connectivity index (χ2n) is 7.24. The molecule has 0 amide bonds. The molecule has 0 aliphatic heterocycles. The van der Waals surface area contributed by atoms with E-state index in [9.17, 15) is 4.79 Å². The van der Waals surface area contributed by atoms with Gasteiger partial charge in [0.2, 0.25) is 0 Å². The van der Waals surface area contributed by atoms with E-state index in [0.29, 0.717) is 11.7 Å². The second-order valence-corrected chi connectivity index (χ2v) is 7.24. The van der Waals surface area contributed by atoms with Crippen molar-refractivity contribution in [1.29, 1.82) is 0 Å². The zero-order valence-corrected chi connectivity index (χ0v) is 14.3. The summed E-state index contributed by atoms with van der Waals surface area (Å²) >= 11 is 0. The summed E-state index contributed by atoms with van der Waals surface area (Å²) in [5.74, 6) is 1.19. The molecule has 2 rings (SSSR count). The Balaban J connectivity index is 0.000000206. The first-order valence-electron chi connectivity index (χ1n) is 8.51. The number of Topliss-reactive ketones (excluding diaryl/α,β-unsaturated/α-hetero) is 1. The topological polar surface area (TPSA) is 26.3 Å². The molecule has 2 nitrogen and oxygen atoms in total. The second kappa shape index (κ2) is 7.59. The van der Waals surface area contributed by atoms with Crippen LogP contribution in [0.15, 0.2) is 0 Å². The Hall–Kier alpha value is -0.370. The van der Waals surface area contributed by atoms with Crippen molar-refractivity contribution in [2.75, 3.05) is 13.2 Å². The number of hydrogen-bond donors (Lipinski definition) is 0. The Kier molecular flexibility index (Phi) is 6.71. The minimum atomic E-state index is 0.0255. The standard InChI is InChI=1S/C10H16O.C8H18O/c1-9(2)7-4-5-10(9,3)8(11)6-7;1-3-5-7-9-8-6-4-2/h7H,4-6H2,1-3H3;3-8H2,1-2H3. The van der Waals surface area contributed by atoms with Crippen molar-refractivity contribution in [1.82, 2.24) is 0 Å². The van der Waals surface area contributed by atoms with E-state index in [1.165, 1.54) is 32.1 Å². The van der Waals surface area contributed by atoms with Gasteiger partial charge in [0.1, 0.15) is 5.78 Å². The number of rotatable bonds is 6. The lowest BCUT2D eigenvalue weighted by molar-refractivity contribution is -0.128. The van der Waals surface area contributed by atoms with E-state index in [1.807, 2.05) is 0 Å². The molecule has 0 aromatic carbocycles. The summed E-state index contributed by atoms with van der Waals surface area (Å²) in [5, 5.41) is 0. The van der Waals surface area contributed by atoms with E-state index >= 15 is 0 Å². The molecule has 20 heavy (non-hydrogen) atoms. The fourth-order valence-corrected chi connectivity index (χ4v) is 3.50. The normalized spacial score (nSPS) is 30.2. The van der Waals surface area contributed by atoms with E-state index in [-0.39, 0.29) is 10.8 Å². The molecule has 2 unspecified atom stereocenters. The van der Waals surface area contributed by atoms with Crippen molar-refractivity contribution >= 4 is 5.78 Å². The van der Waals surface area contributed by atoms with Gasteiger partial charge in [-0.1, -0.05) is 47.5 Å². The maximum Gasteiger partial charge on any atom is 0.139 e. The van der Waals surface area contributed by atoms with Gasteiger partial charge < -0.3 is 4.74 Å². The molecule has 0 heterocycles. The first kappa shape index (κ1) is 17.7. The highest BCUT2D eigenvalue weighted by atomic mass is 16.5. The van der Waals surface area contributed by atoms with Gasteiger partial charge in [0.05, 0.1) is 0 Å². The highest BCUT2D eigenvalue weighted by molar-refractivity contribution is 5.89. The average Bonchev–Trinajstić information content (AvgIpc) is 2.72. The molecule has 2 saturated carbocycles. The number of carbonyl (C=O) groups is 1. The lowest BCUT2D eigenvalue weighted by Gasteiger charge is -2.32. The summed E-state index contributed by atoms with van der Waals surface area (Å²) in [6, 6.07) is 0. The van der Waals surface area contributed by atoms with Crippen molar-refractivity contribution in [2.45, 2.75) is 79.6 Å². The number of ketones is 1. The van der Waals surface area contributed by atoms with Crippen molar-refractivity contribution < 1.29 is 9.53 Å². The molecule has 2 bridgehead atoms. The third kappa shape index (κ3) is 3.63. The summed E-state index contributed by atoms with van der Waals surface area (Å²) in [7, 11) is 0. The molecule has 118 valence electrons. The van der Waals surface area contributed by atoms with Gasteiger partial charge in [0.25, 0.3) is 0 Å². The van der Waals surface area contributed by atoms with Gasteiger partial charge in [-0.25, -0.2) is 0 Å². The van der Waals surface area contributed by atoms with Crippen LogP contribution in [-0.4, -0.2) is 19.0 Å². The smallest absolute Gasteiger partial charge is 0.139 e. The zero-order valence-electron chi connectivity index (χ0n) is 14.3. The summed E-state index contributed by atoms with van der Waals surface area (Å²) < 4.78 is 5.31. The number of carbonyl (C=O) groups excluding carboxylic acids is 1. The van der Waals surface area contributed by atoms with Crippen LogP contribution in [0.5, 0.6) is 0 Å². The number of unbranched alkanes of at least 4 members (excludes halogenated alkanes) is 2. The SMILES string of the molecule is CC12CCC(CC1=O)C2(C)C.CCCCOCCCC. The maximum absolute atomic E-state index is 11.6. The quantitative estimate of drug-likeness (QED) is 0.640. The predicted octanol–water partition coefficient (Wildman–Crippen LogP) is 5.00. The number of ether oxygens (including phenoxy) is 1. The number of hydrogen-bond acceptors (Lipinski definition) is 2. The first-order chi connectivity index (χ1) is 9.40. The van der Waals surface area contributed by atoms with E-state index in [0.717, 1.165) is 26.1 Å². The lowest BCUT2D eigenvalue weighted by atomic mass is 9.70. The maximum atomic E-state index is 11.6. The predicted molar refractivity (Wildman–Crippen MR) is 84.9 cm³/mol. The van der Waals surface area contributed by atoms with Crippen LogP contribution >= 0.6 is 0 Å². The van der Waals surface area contributed by atoms with E-state index in [4.69, 9.17) is 4.74 Å². The zero-order chi connectivity index (χ0) is 15.2. The molecular weight excluding hydrogens is 248 g/mol. The molecule has 2 heteroatoms. The summed E-state index contributed by atoms with van der Waals surface area (Å²) in [5.41, 5.74) is 0.307. The summed E-state index contributed by atoms with van der Waals surface area (Å²) in [6.07, 6.45) is 8.16. The Morgan fingerprint density at radius 3 is 1.90 bits per heavy atom. The van der Waals surface area contributed by atoms with Gasteiger partial charge in [-0.3, -0.25) is 4.79 Å². The highest BCUT2D eigenvalue weighted by Crippen LogP contribution is 2.63. The molecule has 0 spiro atoms. The first-order valence-corrected chi connectivity index (χ1v) is 8.51. The lowest BCUT2D eigenvalue weighted by Crippen LogP contribution is -2.32. The molecule has 0 aromatic heterocycles. The largest absolute Gasteiger partial charge is 0.381 e. The molecule has 2 atom stereocenters. The van der Waals surface area contributed by atoms with Crippen LogP contribution in [0.2, 0.25) is 0 Å². The van der Waals surface area contributed by atoms with Crippen LogP contribution in [0.3, 0.4) is 0 Å². The Bertz CT molecular complexity index is 303. The highest BCUT2D eigenvalue weighted by Gasteiger charge is 2.61. The van der Waals surface area contributed by atoms with Crippen LogP contribution in [0.1, 0.15) is 79.6 Å². The molecule has 0 aromatic rings. The third-order valence-corrected chi connectivity index (χ3v) is 5.77. The van der Waals surface area contributed by atoms with E-state index in [2.05, 4.69) is 34.6 Å². The minimum absolute atomic E-state index is 0.0255. The van der Waals surface area contributed by atoms with Gasteiger partial charge in [0, 0.05) is 25.0 Å². The van der Waals surface area contributed by atoms with Crippen molar-refractivity contribution in [3.8, 4) is 0 Å². The van der Waals surface area contributed by atoms with Crippen LogP contribution in [-0.2, 0) is 9.53 Å². The molecule has 2 fully saturated rings. The minimum Gasteiger partial charge on any atom is -0.381 e. The molecule has 0 N–H and O–H groups in total.